The van der Waals surface area contributed by atoms with E-state index in [9.17, 15) is 9.59 Å². The number of pyridine rings is 1. The fourth-order valence-corrected chi connectivity index (χ4v) is 2.43. The number of nitrogens with one attached hydrogen (secondary N) is 1. The Morgan fingerprint density at radius 3 is 2.29 bits per heavy atom. The Morgan fingerprint density at radius 2 is 1.64 bits per heavy atom. The van der Waals surface area contributed by atoms with E-state index in [1.165, 1.54) is 18.3 Å². The lowest BCUT2D eigenvalue weighted by Crippen LogP contribution is -2.21. The van der Waals surface area contributed by atoms with E-state index in [0.29, 0.717) is 16.5 Å². The van der Waals surface area contributed by atoms with Gasteiger partial charge in [-0.3, -0.25) is 4.79 Å². The van der Waals surface area contributed by atoms with Crippen molar-refractivity contribution in [3.63, 3.8) is 0 Å². The predicted molar refractivity (Wildman–Crippen MR) is 106 cm³/mol. The number of benzene rings is 2. The molecule has 0 spiro atoms. The molecule has 6 nitrogen and oxygen atoms in total. The molecule has 1 amide bonds. The number of amides is 1. The van der Waals surface area contributed by atoms with Gasteiger partial charge in [-0.05, 0) is 55.5 Å². The van der Waals surface area contributed by atoms with Crippen LogP contribution >= 0.6 is 11.6 Å². The third-order valence-electron chi connectivity index (χ3n) is 3.66. The van der Waals surface area contributed by atoms with E-state index >= 15 is 0 Å². The van der Waals surface area contributed by atoms with Crippen molar-refractivity contribution in [1.29, 1.82) is 0 Å². The summed E-state index contributed by atoms with van der Waals surface area (Å²) < 4.78 is 10.7. The molecule has 7 heteroatoms. The van der Waals surface area contributed by atoms with Gasteiger partial charge in [0.25, 0.3) is 5.91 Å². The average molecular weight is 397 g/mol. The average Bonchev–Trinajstić information content (AvgIpc) is 2.69. The molecule has 28 heavy (non-hydrogen) atoms. The van der Waals surface area contributed by atoms with Crippen LogP contribution in [0.5, 0.6) is 11.5 Å². The molecule has 1 N–H and O–H groups in total. The first-order valence-electron chi connectivity index (χ1n) is 8.43. The molecule has 142 valence electrons. The van der Waals surface area contributed by atoms with Gasteiger partial charge in [-0.15, -0.1) is 0 Å². The number of ether oxygens (including phenoxy) is 2. The number of rotatable bonds is 6. The number of aryl methyl sites for hydroxylation is 1. The molecule has 0 aliphatic rings. The van der Waals surface area contributed by atoms with E-state index in [2.05, 4.69) is 10.3 Å². The number of carbonyl (C=O) groups excluding carboxylic acids is 2. The number of hydrogen-bond donors (Lipinski definition) is 1. The second-order valence-corrected chi connectivity index (χ2v) is 6.36. The highest BCUT2D eigenvalue weighted by molar-refractivity contribution is 6.30. The molecule has 0 aliphatic carbocycles. The maximum absolute atomic E-state index is 12.0. The molecule has 0 saturated carbocycles. The van der Waals surface area contributed by atoms with Crippen molar-refractivity contribution in [2.75, 3.05) is 11.9 Å². The van der Waals surface area contributed by atoms with Gasteiger partial charge in [0.05, 0.1) is 0 Å². The first-order chi connectivity index (χ1) is 13.5. The van der Waals surface area contributed by atoms with E-state index in [0.717, 1.165) is 11.3 Å². The molecule has 0 aliphatic heterocycles. The smallest absolute Gasteiger partial charge is 0.357 e. The number of carbonyl (C=O) groups is 2. The molecule has 1 aromatic heterocycles. The van der Waals surface area contributed by atoms with Crippen molar-refractivity contribution < 1.29 is 19.1 Å². The van der Waals surface area contributed by atoms with Gasteiger partial charge >= 0.3 is 5.97 Å². The minimum absolute atomic E-state index is 0.0397. The van der Waals surface area contributed by atoms with Crippen molar-refractivity contribution in [1.82, 2.24) is 4.98 Å². The van der Waals surface area contributed by atoms with Crippen LogP contribution in [-0.4, -0.2) is 23.5 Å². The van der Waals surface area contributed by atoms with E-state index in [1.54, 1.807) is 24.3 Å². The monoisotopic (exact) mass is 396 g/mol. The predicted octanol–water partition coefficient (Wildman–Crippen LogP) is 4.63. The highest BCUT2D eigenvalue weighted by Crippen LogP contribution is 2.23. The first-order valence-corrected chi connectivity index (χ1v) is 8.80. The highest BCUT2D eigenvalue weighted by atomic mass is 35.5. The van der Waals surface area contributed by atoms with Crippen LogP contribution in [0.3, 0.4) is 0 Å². The number of anilines is 1. The lowest BCUT2D eigenvalue weighted by atomic mass is 10.2. The van der Waals surface area contributed by atoms with Gasteiger partial charge in [0.2, 0.25) is 0 Å². The minimum atomic E-state index is -0.723. The van der Waals surface area contributed by atoms with Gasteiger partial charge in [-0.2, -0.15) is 0 Å². The molecule has 0 saturated heterocycles. The molecular weight excluding hydrogens is 380 g/mol. The molecular formula is C21H17ClN2O4. The Bertz CT molecular complexity index is 972. The molecule has 3 aromatic rings. The summed E-state index contributed by atoms with van der Waals surface area (Å²) in [7, 11) is 0. The summed E-state index contributed by atoms with van der Waals surface area (Å²) in [5.74, 6) is 0.173. The van der Waals surface area contributed by atoms with E-state index in [4.69, 9.17) is 21.1 Å². The van der Waals surface area contributed by atoms with Crippen LogP contribution in [0, 0.1) is 6.92 Å². The van der Waals surface area contributed by atoms with E-state index in [1.807, 2.05) is 31.2 Å². The summed E-state index contributed by atoms with van der Waals surface area (Å²) in [6.45, 7) is 1.57. The van der Waals surface area contributed by atoms with Gasteiger partial charge < -0.3 is 14.8 Å². The maximum Gasteiger partial charge on any atom is 0.357 e. The number of halogens is 1. The quantitative estimate of drug-likeness (QED) is 0.614. The van der Waals surface area contributed by atoms with Crippen LogP contribution in [0.25, 0.3) is 0 Å². The molecule has 1 heterocycles. The summed E-state index contributed by atoms with van der Waals surface area (Å²) >= 11 is 5.79. The van der Waals surface area contributed by atoms with Gasteiger partial charge in [0, 0.05) is 16.9 Å². The van der Waals surface area contributed by atoms with E-state index in [-0.39, 0.29) is 5.69 Å². The Balaban J connectivity index is 1.50. The zero-order valence-electron chi connectivity index (χ0n) is 15.0. The lowest BCUT2D eigenvalue weighted by molar-refractivity contribution is -0.119. The second kappa shape index (κ2) is 9.01. The van der Waals surface area contributed by atoms with Crippen LogP contribution in [0.4, 0.5) is 5.69 Å². The number of hydrogen-bond acceptors (Lipinski definition) is 5. The SMILES string of the molecule is Cc1ccc(Oc2ccc(NC(=O)COC(=O)c3cc(Cl)ccn3)cc2)cc1. The van der Waals surface area contributed by atoms with Crippen molar-refractivity contribution in [2.24, 2.45) is 0 Å². The van der Waals surface area contributed by atoms with Crippen molar-refractivity contribution >= 4 is 29.2 Å². The summed E-state index contributed by atoms with van der Waals surface area (Å²) in [4.78, 5) is 27.7. The third-order valence-corrected chi connectivity index (χ3v) is 3.90. The number of nitrogens with zero attached hydrogens (tertiary/aromatic N) is 1. The Morgan fingerprint density at radius 1 is 1.00 bits per heavy atom. The molecule has 3 rings (SSSR count). The standard InChI is InChI=1S/C21H17ClN2O4/c1-14-2-6-17(7-3-14)28-18-8-4-16(5-9-18)24-20(25)13-27-21(26)19-12-15(22)10-11-23-19/h2-12H,13H2,1H3,(H,24,25). The number of esters is 1. The normalized spacial score (nSPS) is 10.2. The topological polar surface area (TPSA) is 77.5 Å². The Labute approximate surface area is 167 Å². The zero-order valence-corrected chi connectivity index (χ0v) is 15.8. The van der Waals surface area contributed by atoms with Gasteiger partial charge in [-0.25, -0.2) is 9.78 Å². The number of aromatic nitrogens is 1. The largest absolute Gasteiger partial charge is 0.457 e. The Hall–Kier alpha value is -3.38. The van der Waals surface area contributed by atoms with E-state index < -0.39 is 18.5 Å². The molecule has 0 fully saturated rings. The molecule has 2 aromatic carbocycles. The van der Waals surface area contributed by atoms with Gasteiger partial charge in [-0.1, -0.05) is 29.3 Å². The summed E-state index contributed by atoms with van der Waals surface area (Å²) in [6.07, 6.45) is 1.39. The zero-order chi connectivity index (χ0) is 19.9. The summed E-state index contributed by atoms with van der Waals surface area (Å²) in [5, 5.41) is 3.00. The Kier molecular flexibility index (Phi) is 6.24. The van der Waals surface area contributed by atoms with Crippen LogP contribution in [0.2, 0.25) is 5.02 Å². The maximum atomic E-state index is 12.0. The minimum Gasteiger partial charge on any atom is -0.457 e. The lowest BCUT2D eigenvalue weighted by Gasteiger charge is -2.09. The van der Waals surface area contributed by atoms with Crippen molar-refractivity contribution in [2.45, 2.75) is 6.92 Å². The van der Waals surface area contributed by atoms with Crippen molar-refractivity contribution in [3.05, 3.63) is 83.1 Å². The van der Waals surface area contributed by atoms with Crippen LogP contribution in [0.15, 0.2) is 66.9 Å². The molecule has 0 unspecified atom stereocenters. The van der Waals surface area contributed by atoms with Crippen LogP contribution in [-0.2, 0) is 9.53 Å². The molecule has 0 bridgehead atoms. The fourth-order valence-electron chi connectivity index (χ4n) is 2.27. The molecule has 0 atom stereocenters. The summed E-state index contributed by atoms with van der Waals surface area (Å²) in [6, 6.07) is 17.5. The third kappa shape index (κ3) is 5.56. The van der Waals surface area contributed by atoms with Gasteiger partial charge in [0.1, 0.15) is 17.2 Å². The summed E-state index contributed by atoms with van der Waals surface area (Å²) in [5.41, 5.74) is 1.74. The fraction of sp³-hybridized carbons (Fsp3) is 0.0952. The van der Waals surface area contributed by atoms with Crippen molar-refractivity contribution in [3.8, 4) is 11.5 Å². The highest BCUT2D eigenvalue weighted by Gasteiger charge is 2.12. The van der Waals surface area contributed by atoms with Crippen LogP contribution < -0.4 is 10.1 Å². The molecule has 0 radical (unpaired) electrons. The first kappa shape index (κ1) is 19.4. The van der Waals surface area contributed by atoms with Crippen LogP contribution in [0.1, 0.15) is 16.1 Å². The second-order valence-electron chi connectivity index (χ2n) is 5.92. The van der Waals surface area contributed by atoms with Gasteiger partial charge in [0.15, 0.2) is 6.61 Å².